The molecule has 0 radical (unpaired) electrons. The third-order valence-corrected chi connectivity index (χ3v) is 7.65. The molecule has 3 fully saturated rings. The molecule has 156 valence electrons. The topological polar surface area (TPSA) is 95.0 Å². The van der Waals surface area contributed by atoms with E-state index in [0.29, 0.717) is 23.4 Å². The number of imide groups is 2. The summed E-state index contributed by atoms with van der Waals surface area (Å²) in [6, 6.07) is 4.66. The number of carbonyl (C=O) groups excluding carboxylic acids is 4. The van der Waals surface area contributed by atoms with Crippen LogP contribution in [0.15, 0.2) is 29.8 Å². The minimum atomic E-state index is -0.657. The molecule has 30 heavy (non-hydrogen) atoms. The van der Waals surface area contributed by atoms with Gasteiger partial charge in [-0.2, -0.15) is 0 Å². The molecule has 1 aromatic rings. The van der Waals surface area contributed by atoms with E-state index in [1.165, 1.54) is 25.1 Å². The lowest BCUT2D eigenvalue weighted by atomic mass is 9.57. The van der Waals surface area contributed by atoms with Crippen LogP contribution in [0.25, 0.3) is 0 Å². The highest BCUT2D eigenvalue weighted by molar-refractivity contribution is 6.30. The molecule has 8 heteroatoms. The Morgan fingerprint density at radius 2 is 1.53 bits per heavy atom. The van der Waals surface area contributed by atoms with E-state index in [4.69, 9.17) is 11.6 Å². The van der Waals surface area contributed by atoms with Crippen LogP contribution in [-0.4, -0.2) is 52.6 Å². The first-order valence-corrected chi connectivity index (χ1v) is 10.4. The SMILES string of the molecule is CN1C(=O)C2CC=C3C(CC4C(=O)N(C)C(=O)C4C3c3cc(Cl)ccc3O)C2C1=O. The fourth-order valence-corrected chi connectivity index (χ4v) is 6.21. The molecule has 1 aromatic carbocycles. The summed E-state index contributed by atoms with van der Waals surface area (Å²) in [7, 11) is 2.96. The fourth-order valence-electron chi connectivity index (χ4n) is 6.03. The molecular weight excluding hydrogens is 408 g/mol. The lowest BCUT2D eigenvalue weighted by Gasteiger charge is -2.44. The number of phenols is 1. The van der Waals surface area contributed by atoms with Crippen LogP contribution in [0.4, 0.5) is 0 Å². The summed E-state index contributed by atoms with van der Waals surface area (Å²) in [4.78, 5) is 53.7. The van der Waals surface area contributed by atoms with Crippen LogP contribution in [0.3, 0.4) is 0 Å². The van der Waals surface area contributed by atoms with Gasteiger partial charge >= 0.3 is 0 Å². The van der Waals surface area contributed by atoms with Crippen LogP contribution < -0.4 is 0 Å². The smallest absolute Gasteiger partial charge is 0.233 e. The summed E-state index contributed by atoms with van der Waals surface area (Å²) in [6.45, 7) is 0. The number of rotatable bonds is 1. The second kappa shape index (κ2) is 6.41. The number of likely N-dealkylation sites (tertiary alicyclic amines) is 2. The van der Waals surface area contributed by atoms with Crippen molar-refractivity contribution in [3.05, 3.63) is 40.4 Å². The van der Waals surface area contributed by atoms with E-state index in [9.17, 15) is 24.3 Å². The average molecular weight is 429 g/mol. The van der Waals surface area contributed by atoms with Crippen LogP contribution >= 0.6 is 11.6 Å². The molecule has 4 aliphatic rings. The normalized spacial score (nSPS) is 35.4. The van der Waals surface area contributed by atoms with Gasteiger partial charge in [-0.3, -0.25) is 29.0 Å². The van der Waals surface area contributed by atoms with Gasteiger partial charge in [0.05, 0.1) is 23.7 Å². The van der Waals surface area contributed by atoms with Crippen molar-refractivity contribution in [2.45, 2.75) is 18.8 Å². The number of carbonyl (C=O) groups is 4. The summed E-state index contributed by atoms with van der Waals surface area (Å²) in [5, 5.41) is 11.0. The number of benzene rings is 1. The van der Waals surface area contributed by atoms with Crippen LogP contribution in [0.2, 0.25) is 5.02 Å². The van der Waals surface area contributed by atoms with E-state index in [1.54, 1.807) is 12.1 Å². The van der Waals surface area contributed by atoms with Gasteiger partial charge in [-0.15, -0.1) is 0 Å². The van der Waals surface area contributed by atoms with Crippen LogP contribution in [0, 0.1) is 29.6 Å². The van der Waals surface area contributed by atoms with Gasteiger partial charge in [0.15, 0.2) is 0 Å². The molecular formula is C22H21ClN2O5. The number of phenolic OH excluding ortho intramolecular Hbond substituents is 1. The second-order valence-electron chi connectivity index (χ2n) is 8.70. The van der Waals surface area contributed by atoms with Gasteiger partial charge in [-0.05, 0) is 37.0 Å². The minimum absolute atomic E-state index is 0.00688. The summed E-state index contributed by atoms with van der Waals surface area (Å²) in [5.41, 5.74) is 1.33. The Bertz CT molecular complexity index is 1050. The first-order valence-electron chi connectivity index (χ1n) is 10.0. The highest BCUT2D eigenvalue weighted by Crippen LogP contribution is 2.58. The van der Waals surface area contributed by atoms with E-state index in [1.807, 2.05) is 6.08 Å². The third kappa shape index (κ3) is 2.38. The number of halogens is 1. The van der Waals surface area contributed by atoms with Crippen molar-refractivity contribution in [1.29, 1.82) is 0 Å². The Kier molecular flexibility index (Phi) is 4.13. The van der Waals surface area contributed by atoms with Crippen LogP contribution in [-0.2, 0) is 19.2 Å². The van der Waals surface area contributed by atoms with Gasteiger partial charge in [0.1, 0.15) is 5.75 Å². The van der Waals surface area contributed by atoms with E-state index in [-0.39, 0.29) is 35.3 Å². The van der Waals surface area contributed by atoms with E-state index in [2.05, 4.69) is 0 Å². The number of fused-ring (bicyclic) bond motifs is 4. The summed E-state index contributed by atoms with van der Waals surface area (Å²) in [6.07, 6.45) is 2.68. The Morgan fingerprint density at radius 1 is 0.900 bits per heavy atom. The molecule has 2 heterocycles. The highest BCUT2D eigenvalue weighted by atomic mass is 35.5. The Morgan fingerprint density at radius 3 is 2.23 bits per heavy atom. The number of nitrogens with zero attached hydrogens (tertiary/aromatic N) is 2. The molecule has 6 atom stereocenters. The van der Waals surface area contributed by atoms with Crippen LogP contribution in [0.1, 0.15) is 24.3 Å². The Hall–Kier alpha value is -2.67. The third-order valence-electron chi connectivity index (χ3n) is 7.41. The lowest BCUT2D eigenvalue weighted by molar-refractivity contribution is -0.140. The quantitative estimate of drug-likeness (QED) is 0.545. The number of aromatic hydroxyl groups is 1. The first kappa shape index (κ1) is 19.3. The number of hydrogen-bond donors (Lipinski definition) is 1. The average Bonchev–Trinajstić information content (AvgIpc) is 3.08. The van der Waals surface area contributed by atoms with Gasteiger partial charge in [-0.25, -0.2) is 0 Å². The van der Waals surface area contributed by atoms with Crippen molar-refractivity contribution < 1.29 is 24.3 Å². The zero-order chi connectivity index (χ0) is 21.5. The van der Waals surface area contributed by atoms with Crippen molar-refractivity contribution in [2.75, 3.05) is 14.1 Å². The molecule has 4 amide bonds. The van der Waals surface area contributed by atoms with Crippen molar-refractivity contribution in [3.8, 4) is 5.75 Å². The van der Waals surface area contributed by atoms with Gasteiger partial charge in [0, 0.05) is 30.6 Å². The van der Waals surface area contributed by atoms with Crippen LogP contribution in [0.5, 0.6) is 5.75 Å². The Labute approximate surface area is 178 Å². The maximum atomic E-state index is 13.0. The zero-order valence-corrected chi connectivity index (χ0v) is 17.3. The molecule has 1 N–H and O–H groups in total. The molecule has 2 aliphatic heterocycles. The van der Waals surface area contributed by atoms with Crippen molar-refractivity contribution >= 4 is 35.2 Å². The molecule has 0 spiro atoms. The summed E-state index contributed by atoms with van der Waals surface area (Å²) < 4.78 is 0. The summed E-state index contributed by atoms with van der Waals surface area (Å²) in [5.74, 6) is -4.14. The van der Waals surface area contributed by atoms with Gasteiger partial charge in [-0.1, -0.05) is 23.3 Å². The van der Waals surface area contributed by atoms with Gasteiger partial charge in [0.25, 0.3) is 0 Å². The number of hydrogen-bond acceptors (Lipinski definition) is 5. The number of amides is 4. The zero-order valence-electron chi connectivity index (χ0n) is 16.5. The minimum Gasteiger partial charge on any atom is -0.508 e. The molecule has 0 aromatic heterocycles. The van der Waals surface area contributed by atoms with E-state index in [0.717, 1.165) is 10.5 Å². The first-order chi connectivity index (χ1) is 14.2. The predicted octanol–water partition coefficient (Wildman–Crippen LogP) is 1.94. The predicted molar refractivity (Wildman–Crippen MR) is 106 cm³/mol. The monoisotopic (exact) mass is 428 g/mol. The largest absolute Gasteiger partial charge is 0.508 e. The standard InChI is InChI=1S/C22H21ClN2O5/c1-24-19(27)11-5-4-10-12(17(11)21(24)29)8-14-18(22(30)25(2)20(14)28)16(10)13-7-9(23)3-6-15(13)26/h3-4,6-7,11-12,14,16-18,26H,5,8H2,1-2H3. The van der Waals surface area contributed by atoms with Crippen molar-refractivity contribution in [1.82, 2.24) is 9.80 Å². The highest BCUT2D eigenvalue weighted by Gasteiger charge is 2.61. The summed E-state index contributed by atoms with van der Waals surface area (Å²) >= 11 is 6.20. The van der Waals surface area contributed by atoms with Gasteiger partial charge < -0.3 is 5.11 Å². The molecule has 2 saturated heterocycles. The number of allylic oxidation sites excluding steroid dienone is 2. The molecule has 7 nitrogen and oxygen atoms in total. The van der Waals surface area contributed by atoms with E-state index >= 15 is 0 Å². The second-order valence-corrected chi connectivity index (χ2v) is 9.13. The lowest BCUT2D eigenvalue weighted by Crippen LogP contribution is -2.42. The molecule has 2 aliphatic carbocycles. The van der Waals surface area contributed by atoms with Crippen molar-refractivity contribution in [2.24, 2.45) is 29.6 Å². The fraction of sp³-hybridized carbons (Fsp3) is 0.455. The molecule has 1 saturated carbocycles. The maximum absolute atomic E-state index is 13.0. The van der Waals surface area contributed by atoms with Crippen molar-refractivity contribution in [3.63, 3.8) is 0 Å². The van der Waals surface area contributed by atoms with E-state index < -0.39 is 29.6 Å². The molecule has 0 bridgehead atoms. The van der Waals surface area contributed by atoms with Gasteiger partial charge in [0.2, 0.25) is 23.6 Å². The Balaban J connectivity index is 1.69. The molecule has 5 rings (SSSR count). The maximum Gasteiger partial charge on any atom is 0.233 e. The molecule has 6 unspecified atom stereocenters.